The summed E-state index contributed by atoms with van der Waals surface area (Å²) in [6, 6.07) is 8.94. The van der Waals surface area contributed by atoms with E-state index in [2.05, 4.69) is 10.5 Å². The topological polar surface area (TPSA) is 118 Å². The van der Waals surface area contributed by atoms with E-state index in [0.717, 1.165) is 6.07 Å². The number of aryl methyl sites for hydroxylation is 1. The maximum absolute atomic E-state index is 14.4. The average Bonchev–Trinajstić information content (AvgIpc) is 3.39. The quantitative estimate of drug-likeness (QED) is 0.266. The number of hydrogen-bond donors (Lipinski definition) is 3. The van der Waals surface area contributed by atoms with Crippen molar-refractivity contribution in [3.05, 3.63) is 88.3 Å². The molecule has 0 fully saturated rings. The fraction of sp³-hybridized carbons (Fsp3) is 0.414. The van der Waals surface area contributed by atoms with Crippen molar-refractivity contribution < 1.29 is 32.5 Å². The molecule has 0 bridgehead atoms. The first-order chi connectivity index (χ1) is 18.6. The minimum Gasteiger partial charge on any atom is -0.386 e. The molecule has 8 nitrogen and oxygen atoms in total. The van der Waals surface area contributed by atoms with E-state index in [9.17, 15) is 23.5 Å². The molecule has 2 atom stereocenters. The molecule has 2 aromatic carbocycles. The number of aromatic nitrogens is 1. The number of nitrogens with two attached hydrogens (primary N) is 1. The van der Waals surface area contributed by atoms with Gasteiger partial charge in [0, 0.05) is 30.7 Å². The van der Waals surface area contributed by atoms with Crippen molar-refractivity contribution in [1.29, 1.82) is 0 Å². The van der Waals surface area contributed by atoms with Crippen LogP contribution in [0.25, 0.3) is 0 Å². The molecule has 0 unspecified atom stereocenters. The van der Waals surface area contributed by atoms with Gasteiger partial charge in [-0.05, 0) is 61.2 Å². The van der Waals surface area contributed by atoms with E-state index < -0.39 is 29.7 Å². The van der Waals surface area contributed by atoms with Gasteiger partial charge in [0.25, 0.3) is 0 Å². The SMILES string of the molecule is CCC[N+](CCC)(C(=O)c1cc(C)cc(C(N)=O)c1)[C@@H](Cc1cc(F)cc(F)c1)[C@H](O)CNCc1ccno1. The van der Waals surface area contributed by atoms with Crippen molar-refractivity contribution in [1.82, 2.24) is 10.5 Å². The summed E-state index contributed by atoms with van der Waals surface area (Å²) < 4.78 is 33.3. The van der Waals surface area contributed by atoms with Crippen LogP contribution in [0.5, 0.6) is 0 Å². The lowest BCUT2D eigenvalue weighted by atomic mass is 9.93. The average molecular weight is 544 g/mol. The zero-order valence-electron chi connectivity index (χ0n) is 22.6. The van der Waals surface area contributed by atoms with Crippen molar-refractivity contribution in [2.45, 2.75) is 58.7 Å². The standard InChI is InChI=1S/C29H36F2N4O4/c1-4-8-35(9-5-2,29(38)22-11-19(3)10-21(15-22)28(32)37)26(14-20-12-23(30)16-24(31)13-20)27(36)18-33-17-25-6-7-34-39-25/h6-7,10-13,15-16,26-27,33,36H,4-5,8-9,14,17-18H2,1-3H3,(H-,32,37)/p+1/t26-,27+/m0/s1. The minimum atomic E-state index is -1.08. The number of hydrogen-bond acceptors (Lipinski definition) is 6. The number of primary amides is 1. The second kappa shape index (κ2) is 13.5. The number of nitrogens with one attached hydrogen (secondary N) is 1. The van der Waals surface area contributed by atoms with E-state index in [-0.39, 0.29) is 28.9 Å². The molecule has 3 rings (SSSR count). The molecule has 0 radical (unpaired) electrons. The molecule has 0 saturated carbocycles. The predicted molar refractivity (Wildman–Crippen MR) is 143 cm³/mol. The number of benzene rings is 2. The molecule has 39 heavy (non-hydrogen) atoms. The molecule has 3 aromatic rings. The van der Waals surface area contributed by atoms with Crippen LogP contribution in [0.3, 0.4) is 0 Å². The highest BCUT2D eigenvalue weighted by Gasteiger charge is 2.47. The van der Waals surface area contributed by atoms with Crippen molar-refractivity contribution in [2.24, 2.45) is 5.73 Å². The van der Waals surface area contributed by atoms with E-state index in [4.69, 9.17) is 10.3 Å². The Kier molecular flexibility index (Phi) is 10.4. The van der Waals surface area contributed by atoms with Crippen molar-refractivity contribution >= 4 is 11.8 Å². The molecule has 0 aliphatic rings. The number of nitrogens with zero attached hydrogens (tertiary/aromatic N) is 2. The summed E-state index contributed by atoms with van der Waals surface area (Å²) in [6.07, 6.45) is 1.68. The van der Waals surface area contributed by atoms with Crippen molar-refractivity contribution in [3.63, 3.8) is 0 Å². The van der Waals surface area contributed by atoms with Crippen molar-refractivity contribution in [3.8, 4) is 0 Å². The van der Waals surface area contributed by atoms with E-state index in [0.29, 0.717) is 54.9 Å². The van der Waals surface area contributed by atoms with Crippen LogP contribution >= 0.6 is 0 Å². The fourth-order valence-corrected chi connectivity index (χ4v) is 5.32. The zero-order valence-corrected chi connectivity index (χ0v) is 22.6. The number of rotatable bonds is 14. The first kappa shape index (κ1) is 30.1. The number of aliphatic hydroxyl groups excluding tert-OH is 1. The lowest BCUT2D eigenvalue weighted by Crippen LogP contribution is -2.65. The third-order valence-electron chi connectivity index (χ3n) is 6.85. The first-order valence-electron chi connectivity index (χ1n) is 13.2. The first-order valence-corrected chi connectivity index (χ1v) is 13.2. The summed E-state index contributed by atoms with van der Waals surface area (Å²) in [4.78, 5) is 26.4. The van der Waals surface area contributed by atoms with Gasteiger partial charge < -0.3 is 20.7 Å². The van der Waals surface area contributed by atoms with Gasteiger partial charge in [0.2, 0.25) is 5.91 Å². The maximum atomic E-state index is 14.4. The molecule has 0 saturated heterocycles. The zero-order chi connectivity index (χ0) is 28.6. The van der Waals surface area contributed by atoms with E-state index in [1.807, 2.05) is 13.8 Å². The Bertz CT molecular complexity index is 1240. The summed E-state index contributed by atoms with van der Waals surface area (Å²) in [5.74, 6) is -1.84. The molecule has 10 heteroatoms. The van der Waals surface area contributed by atoms with Crippen LogP contribution in [0.1, 0.15) is 64.3 Å². The third kappa shape index (κ3) is 7.56. The number of carbonyl (C=O) groups is 2. The summed E-state index contributed by atoms with van der Waals surface area (Å²) in [7, 11) is 0. The van der Waals surface area contributed by atoms with Gasteiger partial charge >= 0.3 is 5.91 Å². The van der Waals surface area contributed by atoms with Gasteiger partial charge in [-0.15, -0.1) is 0 Å². The van der Waals surface area contributed by atoms with Gasteiger partial charge in [0.15, 0.2) is 0 Å². The predicted octanol–water partition coefficient (Wildman–Crippen LogP) is 3.90. The monoisotopic (exact) mass is 543 g/mol. The Balaban J connectivity index is 2.09. The molecule has 210 valence electrons. The number of quaternary nitrogens is 1. The van der Waals surface area contributed by atoms with E-state index in [1.54, 1.807) is 25.1 Å². The number of carbonyl (C=O) groups excluding carboxylic acids is 2. The van der Waals surface area contributed by atoms with Crippen LogP contribution < -0.4 is 11.1 Å². The molecular formula is C29H37F2N4O4+. The largest absolute Gasteiger partial charge is 0.386 e. The summed E-state index contributed by atoms with van der Waals surface area (Å²) >= 11 is 0. The lowest BCUT2D eigenvalue weighted by Gasteiger charge is -2.44. The van der Waals surface area contributed by atoms with Gasteiger partial charge in [-0.1, -0.05) is 19.0 Å². The van der Waals surface area contributed by atoms with Gasteiger partial charge in [-0.2, -0.15) is 0 Å². The molecule has 2 amide bonds. The Morgan fingerprint density at radius 2 is 1.69 bits per heavy atom. The molecular weight excluding hydrogens is 506 g/mol. The molecule has 4 N–H and O–H groups in total. The molecule has 1 aromatic heterocycles. The van der Waals surface area contributed by atoms with E-state index in [1.165, 1.54) is 24.4 Å². The molecule has 0 spiro atoms. The Hall–Kier alpha value is -3.47. The van der Waals surface area contributed by atoms with Gasteiger partial charge in [-0.25, -0.2) is 13.6 Å². The van der Waals surface area contributed by atoms with Gasteiger partial charge in [0.05, 0.1) is 31.4 Å². The van der Waals surface area contributed by atoms with Crippen LogP contribution in [0, 0.1) is 18.6 Å². The fourth-order valence-electron chi connectivity index (χ4n) is 5.32. The van der Waals surface area contributed by atoms with Crippen LogP contribution in [0.15, 0.2) is 53.2 Å². The molecule has 0 aliphatic heterocycles. The van der Waals surface area contributed by atoms with Crippen LogP contribution in [0.2, 0.25) is 0 Å². The van der Waals surface area contributed by atoms with Crippen LogP contribution in [0.4, 0.5) is 8.78 Å². The highest BCUT2D eigenvalue weighted by molar-refractivity contribution is 5.97. The summed E-state index contributed by atoms with van der Waals surface area (Å²) in [5, 5.41) is 18.4. The lowest BCUT2D eigenvalue weighted by molar-refractivity contribution is -0.878. The molecule has 0 aliphatic carbocycles. The number of aliphatic hydroxyl groups is 1. The smallest absolute Gasteiger partial charge is 0.346 e. The van der Waals surface area contributed by atoms with Crippen molar-refractivity contribution in [2.75, 3.05) is 19.6 Å². The second-order valence-electron chi connectivity index (χ2n) is 9.96. The minimum absolute atomic E-state index is 0.0417. The third-order valence-corrected chi connectivity index (χ3v) is 6.85. The van der Waals surface area contributed by atoms with Gasteiger partial charge in [-0.3, -0.25) is 9.28 Å². The Morgan fingerprint density at radius 1 is 1.05 bits per heavy atom. The summed E-state index contributed by atoms with van der Waals surface area (Å²) in [6.45, 7) is 6.77. The molecule has 1 heterocycles. The Labute approximate surface area is 227 Å². The summed E-state index contributed by atoms with van der Waals surface area (Å²) in [5.41, 5.74) is 7.05. The number of amides is 2. The van der Waals surface area contributed by atoms with E-state index >= 15 is 0 Å². The highest BCUT2D eigenvalue weighted by Crippen LogP contribution is 2.28. The van der Waals surface area contributed by atoms with Gasteiger partial charge in [0.1, 0.15) is 29.5 Å². The maximum Gasteiger partial charge on any atom is 0.346 e. The second-order valence-corrected chi connectivity index (χ2v) is 9.96. The number of halogens is 2. The highest BCUT2D eigenvalue weighted by atomic mass is 19.1. The Morgan fingerprint density at radius 3 is 2.26 bits per heavy atom. The van der Waals surface area contributed by atoms with Crippen LogP contribution in [-0.2, 0) is 13.0 Å². The van der Waals surface area contributed by atoms with Crippen LogP contribution in [-0.4, -0.2) is 58.3 Å². The normalized spacial score (nSPS) is 13.3.